The van der Waals surface area contributed by atoms with Gasteiger partial charge in [-0.1, -0.05) is 12.2 Å². The van der Waals surface area contributed by atoms with Crippen LogP contribution in [-0.4, -0.2) is 32.6 Å². The fraction of sp³-hybridized carbons (Fsp3) is 0.556. The van der Waals surface area contributed by atoms with Gasteiger partial charge in [-0.3, -0.25) is 14.9 Å². The van der Waals surface area contributed by atoms with Gasteiger partial charge in [0.05, 0.1) is 5.92 Å². The average Bonchev–Trinajstić information content (AvgIpc) is 2.73. The Morgan fingerprint density at radius 3 is 2.38 bits per heavy atom. The van der Waals surface area contributed by atoms with Gasteiger partial charge >= 0.3 is 17.5 Å². The van der Waals surface area contributed by atoms with Gasteiger partial charge in [0.1, 0.15) is 5.92 Å². The predicted molar refractivity (Wildman–Crippen MR) is 49.2 cm³/mol. The summed E-state index contributed by atoms with van der Waals surface area (Å²) in [7, 11) is 0. The number of carboxylic acid groups (broad SMARTS) is 2. The number of fused-ring (bicyclic) bond motifs is 2. The molecule has 0 aliphatic heterocycles. The zero-order valence-corrected chi connectivity index (χ0v) is 8.07. The molecule has 2 bridgehead atoms. The second-order valence-electron chi connectivity index (χ2n) is 4.09. The van der Waals surface area contributed by atoms with Crippen LogP contribution in [0.2, 0.25) is 0 Å². The molecule has 86 valence electrons. The van der Waals surface area contributed by atoms with E-state index in [0.717, 1.165) is 0 Å². The van der Waals surface area contributed by atoms with Crippen molar-refractivity contribution >= 4 is 11.9 Å². The Hall–Kier alpha value is -1.92. The summed E-state index contributed by atoms with van der Waals surface area (Å²) in [4.78, 5) is 32.2. The first-order chi connectivity index (χ1) is 7.42. The third-order valence-electron chi connectivity index (χ3n) is 3.50. The maximum Gasteiger partial charge on any atom is 0.384 e. The predicted octanol–water partition coefficient (Wildman–Crippen LogP) is -0.00680. The van der Waals surface area contributed by atoms with Crippen LogP contribution in [-0.2, 0) is 9.59 Å². The van der Waals surface area contributed by atoms with Crippen LogP contribution < -0.4 is 0 Å². The largest absolute Gasteiger partial charge is 0.481 e. The first-order valence-electron chi connectivity index (χ1n) is 4.71. The normalized spacial score (nSPS) is 39.9. The van der Waals surface area contributed by atoms with Gasteiger partial charge in [-0.2, -0.15) is 0 Å². The van der Waals surface area contributed by atoms with Crippen LogP contribution >= 0.6 is 0 Å². The lowest BCUT2D eigenvalue weighted by Crippen LogP contribution is -2.57. The summed E-state index contributed by atoms with van der Waals surface area (Å²) < 4.78 is 0. The van der Waals surface area contributed by atoms with E-state index in [-0.39, 0.29) is 6.42 Å². The van der Waals surface area contributed by atoms with E-state index in [1.54, 1.807) is 6.08 Å². The lowest BCUT2D eigenvalue weighted by atomic mass is 9.76. The molecule has 0 radical (unpaired) electrons. The van der Waals surface area contributed by atoms with E-state index in [4.69, 9.17) is 10.2 Å². The summed E-state index contributed by atoms with van der Waals surface area (Å²) >= 11 is 0. The molecule has 2 aliphatic rings. The monoisotopic (exact) mass is 227 g/mol. The molecule has 0 heterocycles. The van der Waals surface area contributed by atoms with Crippen molar-refractivity contribution in [1.82, 2.24) is 0 Å². The lowest BCUT2D eigenvalue weighted by Gasteiger charge is -2.27. The second-order valence-corrected chi connectivity index (χ2v) is 4.09. The van der Waals surface area contributed by atoms with E-state index < -0.39 is 40.2 Å². The first-order valence-corrected chi connectivity index (χ1v) is 4.71. The van der Waals surface area contributed by atoms with Gasteiger partial charge in [0, 0.05) is 4.92 Å². The SMILES string of the molecule is O=C(O)C1C2C=CC(C2)C1(C(=O)O)[N+](=O)[O-]. The third-order valence-corrected chi connectivity index (χ3v) is 3.50. The molecule has 2 aliphatic carbocycles. The quantitative estimate of drug-likeness (QED) is 0.397. The Labute approximate surface area is 89.5 Å². The highest BCUT2D eigenvalue weighted by Crippen LogP contribution is 2.52. The van der Waals surface area contributed by atoms with Crippen LogP contribution in [0.4, 0.5) is 0 Å². The summed E-state index contributed by atoms with van der Waals surface area (Å²) in [5.41, 5.74) is -2.40. The summed E-state index contributed by atoms with van der Waals surface area (Å²) in [6.45, 7) is 0. The molecule has 0 aromatic heterocycles. The molecule has 7 nitrogen and oxygen atoms in total. The van der Waals surface area contributed by atoms with Gasteiger partial charge in [-0.15, -0.1) is 0 Å². The molecule has 0 aromatic rings. The molecule has 7 heteroatoms. The Balaban J connectivity index is 2.59. The Morgan fingerprint density at radius 1 is 1.38 bits per heavy atom. The van der Waals surface area contributed by atoms with Crippen molar-refractivity contribution < 1.29 is 24.7 Å². The molecule has 16 heavy (non-hydrogen) atoms. The van der Waals surface area contributed by atoms with Crippen molar-refractivity contribution in [3.8, 4) is 0 Å². The number of rotatable bonds is 3. The molecular weight excluding hydrogens is 218 g/mol. The number of carboxylic acids is 2. The zero-order valence-electron chi connectivity index (χ0n) is 8.07. The molecule has 0 spiro atoms. The molecule has 4 unspecified atom stereocenters. The van der Waals surface area contributed by atoms with E-state index >= 15 is 0 Å². The highest BCUT2D eigenvalue weighted by Gasteiger charge is 2.73. The van der Waals surface area contributed by atoms with E-state index in [1.807, 2.05) is 0 Å². The number of nitrogens with zero attached hydrogens (tertiary/aromatic N) is 1. The van der Waals surface area contributed by atoms with Gasteiger partial charge in [0.25, 0.3) is 0 Å². The molecule has 2 rings (SSSR count). The minimum absolute atomic E-state index is 0.226. The van der Waals surface area contributed by atoms with Crippen molar-refractivity contribution in [1.29, 1.82) is 0 Å². The summed E-state index contributed by atoms with van der Waals surface area (Å²) in [6.07, 6.45) is 3.24. The highest BCUT2D eigenvalue weighted by atomic mass is 16.6. The third kappa shape index (κ3) is 0.971. The van der Waals surface area contributed by atoms with E-state index in [9.17, 15) is 19.7 Å². The van der Waals surface area contributed by atoms with Gasteiger partial charge in [0.2, 0.25) is 0 Å². The van der Waals surface area contributed by atoms with Crippen molar-refractivity contribution in [2.24, 2.45) is 17.8 Å². The molecule has 0 saturated heterocycles. The summed E-state index contributed by atoms with van der Waals surface area (Å²) in [6, 6.07) is 0. The number of nitro groups is 1. The van der Waals surface area contributed by atoms with Gasteiger partial charge < -0.3 is 10.2 Å². The number of carbonyl (C=O) groups is 2. The van der Waals surface area contributed by atoms with Crippen molar-refractivity contribution in [3.05, 3.63) is 22.3 Å². The molecule has 0 amide bonds. The molecule has 4 atom stereocenters. The Kier molecular flexibility index (Phi) is 2.01. The number of aliphatic carboxylic acids is 2. The smallest absolute Gasteiger partial charge is 0.384 e. The fourth-order valence-electron chi connectivity index (χ4n) is 2.85. The maximum absolute atomic E-state index is 11.1. The standard InChI is InChI=1S/C9H9NO6/c11-7(12)6-4-1-2-5(3-4)9(6,8(13)14)10(15)16/h1-2,4-6H,3H2,(H,11,12)(H,13,14). The van der Waals surface area contributed by atoms with Crippen LogP contribution in [0.5, 0.6) is 0 Å². The van der Waals surface area contributed by atoms with Crippen molar-refractivity contribution in [2.45, 2.75) is 12.0 Å². The van der Waals surface area contributed by atoms with E-state index in [1.165, 1.54) is 6.08 Å². The minimum Gasteiger partial charge on any atom is -0.481 e. The van der Waals surface area contributed by atoms with Gasteiger partial charge in [-0.05, 0) is 12.3 Å². The van der Waals surface area contributed by atoms with Crippen molar-refractivity contribution in [3.63, 3.8) is 0 Å². The minimum atomic E-state index is -2.40. The zero-order chi connectivity index (χ0) is 12.1. The Morgan fingerprint density at radius 2 is 2.00 bits per heavy atom. The molecule has 1 fully saturated rings. The van der Waals surface area contributed by atoms with Crippen LogP contribution in [0.1, 0.15) is 6.42 Å². The topological polar surface area (TPSA) is 118 Å². The number of allylic oxidation sites excluding steroid dienone is 1. The summed E-state index contributed by atoms with van der Waals surface area (Å²) in [5, 5.41) is 29.0. The van der Waals surface area contributed by atoms with Crippen LogP contribution in [0, 0.1) is 27.9 Å². The van der Waals surface area contributed by atoms with Crippen LogP contribution in [0.15, 0.2) is 12.2 Å². The van der Waals surface area contributed by atoms with Gasteiger partial charge in [0.15, 0.2) is 0 Å². The molecule has 2 N–H and O–H groups in total. The average molecular weight is 227 g/mol. The molecule has 0 aromatic carbocycles. The molecule has 1 saturated carbocycles. The molecular formula is C9H9NO6. The maximum atomic E-state index is 11.1. The van der Waals surface area contributed by atoms with Crippen LogP contribution in [0.3, 0.4) is 0 Å². The second kappa shape index (κ2) is 3.03. The van der Waals surface area contributed by atoms with E-state index in [2.05, 4.69) is 0 Å². The fourth-order valence-corrected chi connectivity index (χ4v) is 2.85. The first kappa shape index (κ1) is 10.6. The Bertz CT molecular complexity index is 400. The number of hydrogen-bond acceptors (Lipinski definition) is 4. The highest BCUT2D eigenvalue weighted by molar-refractivity contribution is 5.88. The summed E-state index contributed by atoms with van der Waals surface area (Å²) in [5.74, 6) is -5.94. The van der Waals surface area contributed by atoms with Crippen LogP contribution in [0.25, 0.3) is 0 Å². The van der Waals surface area contributed by atoms with Crippen molar-refractivity contribution in [2.75, 3.05) is 0 Å². The van der Waals surface area contributed by atoms with E-state index in [0.29, 0.717) is 0 Å². The van der Waals surface area contributed by atoms with Gasteiger partial charge in [-0.25, -0.2) is 4.79 Å². The lowest BCUT2D eigenvalue weighted by molar-refractivity contribution is -0.567. The number of hydrogen-bond donors (Lipinski definition) is 2.